The Labute approximate surface area is 599 Å². The van der Waals surface area contributed by atoms with E-state index in [1.54, 1.807) is 0 Å². The standard InChI is InChI=1S/C79H150O17P2/c1-5-9-13-17-21-25-29-32-35-36-37-40-43-46-50-54-58-62-66-79(84)96-75(70-90-77(82)64-60-56-52-48-44-41-38-33-30-26-22-18-14-10-6-2)72-94-98(87,88)92-68-73(80)67-91-97(85,86)93-71-74(69-89-76(81)63-59-55-51-47-28-24-20-16-12-8-4)95-78(83)65-61-57-53-49-45-42-39-34-31-27-23-19-15-11-7-3/h26,30,33,38,73-75,80H,5-25,27-29,31-32,34-37,39-72H2,1-4H3,(H,85,86)(H,87,88)/b30-26-,38-33-/t73-,74+,75+/m0/s1. The summed E-state index contributed by atoms with van der Waals surface area (Å²) in [6.45, 7) is 4.94. The maximum Gasteiger partial charge on any atom is 0.472 e. The van der Waals surface area contributed by atoms with E-state index in [4.69, 9.17) is 37.0 Å². The van der Waals surface area contributed by atoms with E-state index in [1.807, 2.05) is 0 Å². The first-order valence-corrected chi connectivity index (χ1v) is 43.6. The Bertz CT molecular complexity index is 1950. The van der Waals surface area contributed by atoms with Gasteiger partial charge in [-0.1, -0.05) is 347 Å². The molecule has 0 aliphatic rings. The zero-order chi connectivity index (χ0) is 71.8. The van der Waals surface area contributed by atoms with Gasteiger partial charge in [-0.2, -0.15) is 0 Å². The minimum absolute atomic E-state index is 0.102. The Balaban J connectivity index is 5.27. The van der Waals surface area contributed by atoms with E-state index in [-0.39, 0.29) is 25.7 Å². The van der Waals surface area contributed by atoms with Crippen molar-refractivity contribution in [1.82, 2.24) is 0 Å². The van der Waals surface area contributed by atoms with Crippen LogP contribution in [-0.4, -0.2) is 96.7 Å². The van der Waals surface area contributed by atoms with Gasteiger partial charge in [0.1, 0.15) is 19.3 Å². The number of carbonyl (C=O) groups is 4. The number of esters is 4. The fourth-order valence-electron chi connectivity index (χ4n) is 11.7. The molecule has 0 aromatic rings. The number of carbonyl (C=O) groups excluding carboxylic acids is 4. The maximum absolute atomic E-state index is 13.1. The lowest BCUT2D eigenvalue weighted by atomic mass is 10.0. The molecule has 5 atom stereocenters. The van der Waals surface area contributed by atoms with Crippen LogP contribution < -0.4 is 0 Å². The van der Waals surface area contributed by atoms with Gasteiger partial charge in [0.2, 0.25) is 0 Å². The van der Waals surface area contributed by atoms with E-state index in [0.29, 0.717) is 25.7 Å². The van der Waals surface area contributed by atoms with Gasteiger partial charge in [-0.3, -0.25) is 37.3 Å². The van der Waals surface area contributed by atoms with Crippen LogP contribution in [0.4, 0.5) is 0 Å². The van der Waals surface area contributed by atoms with Crippen molar-refractivity contribution in [2.24, 2.45) is 0 Å². The van der Waals surface area contributed by atoms with Crippen molar-refractivity contribution in [3.63, 3.8) is 0 Å². The first-order chi connectivity index (χ1) is 47.7. The zero-order valence-corrected chi connectivity index (χ0v) is 65.0. The Morgan fingerprint density at radius 3 is 0.745 bits per heavy atom. The van der Waals surface area contributed by atoms with Crippen molar-refractivity contribution in [3.8, 4) is 0 Å². The Kier molecular flexibility index (Phi) is 71.0. The average Bonchev–Trinajstić information content (AvgIpc) is 1.29. The largest absolute Gasteiger partial charge is 0.472 e. The molecule has 578 valence electrons. The summed E-state index contributed by atoms with van der Waals surface area (Å²) in [5, 5.41) is 10.6. The van der Waals surface area contributed by atoms with Crippen molar-refractivity contribution >= 4 is 39.5 Å². The number of hydrogen-bond donors (Lipinski definition) is 3. The molecule has 0 aliphatic carbocycles. The summed E-state index contributed by atoms with van der Waals surface area (Å²) in [6.07, 6.45) is 67.3. The first kappa shape index (κ1) is 95.5. The molecule has 0 aliphatic heterocycles. The van der Waals surface area contributed by atoms with Gasteiger partial charge in [0.25, 0.3) is 0 Å². The smallest absolute Gasteiger partial charge is 0.462 e. The Morgan fingerprint density at radius 2 is 0.490 bits per heavy atom. The molecule has 0 radical (unpaired) electrons. The van der Waals surface area contributed by atoms with E-state index >= 15 is 0 Å². The minimum Gasteiger partial charge on any atom is -0.462 e. The maximum atomic E-state index is 13.1. The predicted octanol–water partition coefficient (Wildman–Crippen LogP) is 23.3. The summed E-state index contributed by atoms with van der Waals surface area (Å²) < 4.78 is 68.6. The molecule has 0 aromatic heterocycles. The van der Waals surface area contributed by atoms with Crippen LogP contribution in [0, 0.1) is 0 Å². The van der Waals surface area contributed by atoms with Crippen LogP contribution in [0.2, 0.25) is 0 Å². The number of allylic oxidation sites excluding steroid dienone is 4. The van der Waals surface area contributed by atoms with Crippen molar-refractivity contribution in [3.05, 3.63) is 24.3 Å². The second-order valence-electron chi connectivity index (χ2n) is 27.8. The summed E-state index contributed by atoms with van der Waals surface area (Å²) in [5.41, 5.74) is 0. The molecule has 0 heterocycles. The number of phosphoric acid groups is 2. The number of rotatable bonds is 78. The fraction of sp³-hybridized carbons (Fsp3) is 0.899. The van der Waals surface area contributed by atoms with E-state index in [0.717, 1.165) is 109 Å². The van der Waals surface area contributed by atoms with Crippen LogP contribution in [0.5, 0.6) is 0 Å². The molecule has 0 rings (SSSR count). The Hall–Kier alpha value is -2.46. The summed E-state index contributed by atoms with van der Waals surface area (Å²) in [5.74, 6) is -2.14. The molecule has 3 N–H and O–H groups in total. The van der Waals surface area contributed by atoms with Gasteiger partial charge >= 0.3 is 39.5 Å². The van der Waals surface area contributed by atoms with Gasteiger partial charge in [-0.25, -0.2) is 9.13 Å². The summed E-state index contributed by atoms with van der Waals surface area (Å²) in [4.78, 5) is 72.9. The third-order valence-corrected chi connectivity index (χ3v) is 19.9. The van der Waals surface area contributed by atoms with Crippen LogP contribution in [0.3, 0.4) is 0 Å². The van der Waals surface area contributed by atoms with Gasteiger partial charge in [0, 0.05) is 25.7 Å². The third kappa shape index (κ3) is 71.9. The second kappa shape index (κ2) is 72.9. The molecular weight excluding hydrogens is 1280 g/mol. The number of aliphatic hydroxyl groups is 1. The number of aliphatic hydroxyl groups excluding tert-OH is 1. The van der Waals surface area contributed by atoms with Crippen LogP contribution >= 0.6 is 15.6 Å². The van der Waals surface area contributed by atoms with Crippen molar-refractivity contribution in [2.75, 3.05) is 39.6 Å². The van der Waals surface area contributed by atoms with Gasteiger partial charge in [-0.15, -0.1) is 0 Å². The number of ether oxygens (including phenoxy) is 4. The van der Waals surface area contributed by atoms with E-state index in [9.17, 15) is 43.2 Å². The average molecular weight is 1430 g/mol. The molecule has 2 unspecified atom stereocenters. The molecule has 0 spiro atoms. The quantitative estimate of drug-likeness (QED) is 0.0169. The predicted molar refractivity (Wildman–Crippen MR) is 400 cm³/mol. The minimum atomic E-state index is -4.97. The summed E-state index contributed by atoms with van der Waals surface area (Å²) in [6, 6.07) is 0. The monoisotopic (exact) mass is 1430 g/mol. The lowest BCUT2D eigenvalue weighted by molar-refractivity contribution is -0.161. The second-order valence-corrected chi connectivity index (χ2v) is 30.7. The summed E-state index contributed by atoms with van der Waals surface area (Å²) in [7, 11) is -9.92. The van der Waals surface area contributed by atoms with Crippen LogP contribution in [-0.2, 0) is 65.4 Å². The number of phosphoric ester groups is 2. The van der Waals surface area contributed by atoms with E-state index < -0.39 is 97.5 Å². The van der Waals surface area contributed by atoms with E-state index in [2.05, 4.69) is 52.0 Å². The molecule has 98 heavy (non-hydrogen) atoms. The highest BCUT2D eigenvalue weighted by Crippen LogP contribution is 2.45. The molecule has 17 nitrogen and oxygen atoms in total. The molecule has 0 bridgehead atoms. The topological polar surface area (TPSA) is 237 Å². The molecule has 0 amide bonds. The van der Waals surface area contributed by atoms with Gasteiger partial charge in [0.15, 0.2) is 12.2 Å². The van der Waals surface area contributed by atoms with Crippen LogP contribution in [0.1, 0.15) is 400 Å². The van der Waals surface area contributed by atoms with Crippen molar-refractivity contribution < 1.29 is 80.2 Å². The summed E-state index contributed by atoms with van der Waals surface area (Å²) >= 11 is 0. The third-order valence-electron chi connectivity index (χ3n) is 18.0. The van der Waals surface area contributed by atoms with Gasteiger partial charge < -0.3 is 33.8 Å². The van der Waals surface area contributed by atoms with Crippen LogP contribution in [0.15, 0.2) is 24.3 Å². The Morgan fingerprint density at radius 1 is 0.286 bits per heavy atom. The van der Waals surface area contributed by atoms with Gasteiger partial charge in [0.05, 0.1) is 26.4 Å². The van der Waals surface area contributed by atoms with Crippen molar-refractivity contribution in [2.45, 2.75) is 418 Å². The fourth-order valence-corrected chi connectivity index (χ4v) is 13.3. The molecule has 0 fully saturated rings. The molecule has 0 aromatic carbocycles. The van der Waals surface area contributed by atoms with Crippen LogP contribution in [0.25, 0.3) is 0 Å². The zero-order valence-electron chi connectivity index (χ0n) is 63.2. The molecule has 0 saturated heterocycles. The SMILES string of the molecule is CCCCCC/C=C\C=C/CCCCCCCC(=O)OC[C@H](COP(=O)(O)OC[C@@H](O)COP(=O)(O)OC[C@@H](COC(=O)CCCCCCCCCCCC)OC(=O)CCCCCCCCCCCCCCCCC)OC(=O)CCCCCCCCCCCCCCCCCCCC. The van der Waals surface area contributed by atoms with E-state index in [1.165, 1.54) is 212 Å². The first-order valence-electron chi connectivity index (χ1n) is 40.6. The normalized spacial score (nSPS) is 14.0. The number of unbranched alkanes of at least 4 members (excludes halogenated alkanes) is 49. The lowest BCUT2D eigenvalue weighted by Crippen LogP contribution is -2.30. The molecular formula is C79H150O17P2. The van der Waals surface area contributed by atoms with Gasteiger partial charge in [-0.05, 0) is 51.4 Å². The molecule has 19 heteroatoms. The highest BCUT2D eigenvalue weighted by atomic mass is 31.2. The molecule has 0 saturated carbocycles. The number of hydrogen-bond acceptors (Lipinski definition) is 15. The van der Waals surface area contributed by atoms with Crippen molar-refractivity contribution in [1.29, 1.82) is 0 Å². The highest BCUT2D eigenvalue weighted by Gasteiger charge is 2.30. The lowest BCUT2D eigenvalue weighted by Gasteiger charge is -2.21. The highest BCUT2D eigenvalue weighted by molar-refractivity contribution is 7.47.